The van der Waals surface area contributed by atoms with Gasteiger partial charge in [-0.2, -0.15) is 0 Å². The van der Waals surface area contributed by atoms with Gasteiger partial charge in [0.2, 0.25) is 0 Å². The molecule has 0 radical (unpaired) electrons. The van der Waals surface area contributed by atoms with Crippen LogP contribution in [0.5, 0.6) is 5.75 Å². The van der Waals surface area contributed by atoms with Crippen molar-refractivity contribution >= 4 is 55.1 Å². The minimum Gasteiger partial charge on any atom is -0.494 e. The molecule has 0 unspecified atom stereocenters. The van der Waals surface area contributed by atoms with Crippen LogP contribution in [0.15, 0.2) is 45.3 Å². The van der Waals surface area contributed by atoms with Gasteiger partial charge in [-0.1, -0.05) is 11.6 Å². The largest absolute Gasteiger partial charge is 0.494 e. The van der Waals surface area contributed by atoms with Gasteiger partial charge in [-0.3, -0.25) is 4.79 Å². The summed E-state index contributed by atoms with van der Waals surface area (Å²) in [5.74, 6) is 0.435. The quantitative estimate of drug-likeness (QED) is 0.749. The van der Waals surface area contributed by atoms with Crippen molar-refractivity contribution < 1.29 is 9.53 Å². The topological polar surface area (TPSA) is 38.3 Å². The molecule has 0 aliphatic rings. The van der Waals surface area contributed by atoms with Crippen LogP contribution >= 0.6 is 43.5 Å². The molecule has 0 aliphatic heterocycles. The van der Waals surface area contributed by atoms with E-state index in [1.807, 2.05) is 0 Å². The van der Waals surface area contributed by atoms with E-state index in [0.29, 0.717) is 31.0 Å². The third-order valence-corrected chi connectivity index (χ3v) is 4.00. The molecule has 0 saturated carbocycles. The predicted molar refractivity (Wildman–Crippen MR) is 87.8 cm³/mol. The van der Waals surface area contributed by atoms with Crippen LogP contribution in [0.2, 0.25) is 5.02 Å². The van der Waals surface area contributed by atoms with Gasteiger partial charge in [-0.05, 0) is 68.3 Å². The lowest BCUT2D eigenvalue weighted by molar-refractivity contribution is 0.102. The number of ether oxygens (including phenoxy) is 1. The Morgan fingerprint density at radius 2 is 1.70 bits per heavy atom. The number of benzene rings is 2. The van der Waals surface area contributed by atoms with Gasteiger partial charge in [-0.25, -0.2) is 0 Å². The van der Waals surface area contributed by atoms with Gasteiger partial charge in [-0.15, -0.1) is 0 Å². The molecular weight excluding hydrogens is 409 g/mol. The molecule has 0 heterocycles. The predicted octanol–water partition coefficient (Wildman–Crippen LogP) is 5.13. The number of methoxy groups -OCH3 is 1. The molecule has 0 aromatic heterocycles. The zero-order valence-corrected chi connectivity index (χ0v) is 14.3. The second-order valence-electron chi connectivity index (χ2n) is 3.93. The number of anilines is 1. The Hall–Kier alpha value is -1.04. The van der Waals surface area contributed by atoms with Crippen molar-refractivity contribution in [3.8, 4) is 5.75 Å². The van der Waals surface area contributed by atoms with E-state index in [2.05, 4.69) is 37.2 Å². The van der Waals surface area contributed by atoms with Gasteiger partial charge in [0.15, 0.2) is 0 Å². The van der Waals surface area contributed by atoms with Crippen molar-refractivity contribution in [1.29, 1.82) is 0 Å². The van der Waals surface area contributed by atoms with E-state index in [1.54, 1.807) is 43.5 Å². The number of hydrogen-bond acceptors (Lipinski definition) is 2. The molecule has 3 nitrogen and oxygen atoms in total. The Morgan fingerprint density at radius 3 is 2.20 bits per heavy atom. The van der Waals surface area contributed by atoms with Crippen molar-refractivity contribution in [3.05, 3.63) is 55.9 Å². The average Bonchev–Trinajstić information content (AvgIpc) is 2.41. The van der Waals surface area contributed by atoms with Crippen LogP contribution in [-0.4, -0.2) is 13.0 Å². The second-order valence-corrected chi connectivity index (χ2v) is 6.08. The summed E-state index contributed by atoms with van der Waals surface area (Å²) in [6.45, 7) is 0. The maximum absolute atomic E-state index is 12.2. The summed E-state index contributed by atoms with van der Waals surface area (Å²) < 4.78 is 6.61. The van der Waals surface area contributed by atoms with Crippen LogP contribution in [0, 0.1) is 0 Å². The molecule has 2 aromatic rings. The first-order valence-corrected chi connectivity index (χ1v) is 7.57. The molecule has 0 bridgehead atoms. The van der Waals surface area contributed by atoms with Crippen molar-refractivity contribution in [2.24, 2.45) is 0 Å². The minimum atomic E-state index is -0.212. The van der Waals surface area contributed by atoms with E-state index in [9.17, 15) is 4.79 Å². The number of hydrogen-bond donors (Lipinski definition) is 1. The SMILES string of the molecule is COc1c(Br)cc(C(=O)Nc2ccc(Cl)cc2)cc1Br. The van der Waals surface area contributed by atoms with E-state index >= 15 is 0 Å². The molecule has 0 fully saturated rings. The van der Waals surface area contributed by atoms with Crippen LogP contribution in [0.4, 0.5) is 5.69 Å². The number of amides is 1. The van der Waals surface area contributed by atoms with Crippen LogP contribution in [0.3, 0.4) is 0 Å². The van der Waals surface area contributed by atoms with E-state index in [1.165, 1.54) is 0 Å². The van der Waals surface area contributed by atoms with Gasteiger partial charge in [0.25, 0.3) is 5.91 Å². The van der Waals surface area contributed by atoms with Crippen molar-refractivity contribution in [1.82, 2.24) is 0 Å². The Kier molecular flexibility index (Phi) is 5.07. The maximum Gasteiger partial charge on any atom is 0.255 e. The lowest BCUT2D eigenvalue weighted by Crippen LogP contribution is -2.12. The fourth-order valence-corrected chi connectivity index (χ4v) is 3.26. The summed E-state index contributed by atoms with van der Waals surface area (Å²) in [6.07, 6.45) is 0. The molecular formula is C14H10Br2ClNO2. The van der Waals surface area contributed by atoms with Gasteiger partial charge in [0, 0.05) is 16.3 Å². The molecule has 0 aliphatic carbocycles. The van der Waals surface area contributed by atoms with Gasteiger partial charge in [0.1, 0.15) is 5.75 Å². The molecule has 1 N–H and O–H groups in total. The molecule has 104 valence electrons. The standard InChI is InChI=1S/C14H10Br2ClNO2/c1-20-13-11(15)6-8(7-12(13)16)14(19)18-10-4-2-9(17)3-5-10/h2-7H,1H3,(H,18,19). The van der Waals surface area contributed by atoms with Gasteiger partial charge in [0.05, 0.1) is 16.1 Å². The van der Waals surface area contributed by atoms with Crippen LogP contribution in [0.1, 0.15) is 10.4 Å². The molecule has 2 rings (SSSR count). The van der Waals surface area contributed by atoms with Crippen LogP contribution in [0.25, 0.3) is 0 Å². The third kappa shape index (κ3) is 3.53. The minimum absolute atomic E-state index is 0.212. The smallest absolute Gasteiger partial charge is 0.255 e. The zero-order valence-electron chi connectivity index (χ0n) is 10.4. The number of halogens is 3. The first-order chi connectivity index (χ1) is 9.51. The summed E-state index contributed by atoms with van der Waals surface area (Å²) in [6, 6.07) is 10.3. The molecule has 2 aromatic carbocycles. The van der Waals surface area contributed by atoms with Gasteiger partial charge < -0.3 is 10.1 Å². The first kappa shape index (κ1) is 15.4. The monoisotopic (exact) mass is 417 g/mol. The summed E-state index contributed by atoms with van der Waals surface area (Å²) in [5.41, 5.74) is 1.20. The Balaban J connectivity index is 2.23. The van der Waals surface area contributed by atoms with Crippen molar-refractivity contribution in [3.63, 3.8) is 0 Å². The maximum atomic E-state index is 12.2. The van der Waals surface area contributed by atoms with Crippen molar-refractivity contribution in [2.45, 2.75) is 0 Å². The number of carbonyl (C=O) groups excluding carboxylic acids is 1. The summed E-state index contributed by atoms with van der Waals surface area (Å²) >= 11 is 12.5. The van der Waals surface area contributed by atoms with Gasteiger partial charge >= 0.3 is 0 Å². The highest BCUT2D eigenvalue weighted by Gasteiger charge is 2.13. The molecule has 0 spiro atoms. The molecule has 6 heteroatoms. The fourth-order valence-electron chi connectivity index (χ4n) is 1.62. The normalized spacial score (nSPS) is 10.2. The Morgan fingerprint density at radius 1 is 1.15 bits per heavy atom. The van der Waals surface area contributed by atoms with Crippen LogP contribution in [-0.2, 0) is 0 Å². The average molecular weight is 420 g/mol. The lowest BCUT2D eigenvalue weighted by atomic mass is 10.2. The highest BCUT2D eigenvalue weighted by atomic mass is 79.9. The van der Waals surface area contributed by atoms with E-state index < -0.39 is 0 Å². The van der Waals surface area contributed by atoms with E-state index in [0.717, 1.165) is 0 Å². The third-order valence-electron chi connectivity index (χ3n) is 2.57. The summed E-state index contributed by atoms with van der Waals surface area (Å²) in [7, 11) is 1.57. The zero-order chi connectivity index (χ0) is 14.7. The Bertz CT molecular complexity index is 621. The van der Waals surface area contributed by atoms with E-state index in [4.69, 9.17) is 16.3 Å². The van der Waals surface area contributed by atoms with Crippen LogP contribution < -0.4 is 10.1 Å². The molecule has 20 heavy (non-hydrogen) atoms. The lowest BCUT2D eigenvalue weighted by Gasteiger charge is -2.10. The second kappa shape index (κ2) is 6.61. The number of nitrogens with one attached hydrogen (secondary N) is 1. The molecule has 1 amide bonds. The summed E-state index contributed by atoms with van der Waals surface area (Å²) in [5, 5.41) is 3.42. The fraction of sp³-hybridized carbons (Fsp3) is 0.0714. The Labute approximate surface area is 138 Å². The highest BCUT2D eigenvalue weighted by Crippen LogP contribution is 2.34. The van der Waals surface area contributed by atoms with Crippen molar-refractivity contribution in [2.75, 3.05) is 12.4 Å². The van der Waals surface area contributed by atoms with E-state index in [-0.39, 0.29) is 5.91 Å². The molecule has 0 saturated heterocycles. The first-order valence-electron chi connectivity index (χ1n) is 5.61. The summed E-state index contributed by atoms with van der Waals surface area (Å²) in [4.78, 5) is 12.2. The highest BCUT2D eigenvalue weighted by molar-refractivity contribution is 9.11. The number of rotatable bonds is 3. The number of carbonyl (C=O) groups is 1. The molecule has 0 atom stereocenters.